The van der Waals surface area contributed by atoms with Crippen molar-refractivity contribution in [2.75, 3.05) is 14.2 Å². The van der Waals surface area contributed by atoms with Crippen molar-refractivity contribution in [3.8, 4) is 11.5 Å². The standard InChI is InChI=1S/C22H22N2O3/c1-26-19-9-7-16(8-10-19)22(17-11-13-23-14-12-17)24-21(25)15-18-5-3-4-6-20(18)27-2/h3-14,22H,15H2,1-2H3,(H,24,25)/t22-/m0/s1. The molecule has 1 heterocycles. The number of hydrogen-bond donors (Lipinski definition) is 1. The number of para-hydroxylation sites is 1. The molecule has 0 bridgehead atoms. The van der Waals surface area contributed by atoms with Crippen molar-refractivity contribution < 1.29 is 14.3 Å². The molecule has 2 aromatic carbocycles. The Hall–Kier alpha value is -3.34. The van der Waals surface area contributed by atoms with Gasteiger partial charge >= 0.3 is 0 Å². The number of nitrogens with zero attached hydrogens (tertiary/aromatic N) is 1. The van der Waals surface area contributed by atoms with Crippen LogP contribution in [0.2, 0.25) is 0 Å². The smallest absolute Gasteiger partial charge is 0.225 e. The number of carbonyl (C=O) groups is 1. The molecule has 1 aromatic heterocycles. The maximum atomic E-state index is 12.8. The third-order valence-electron chi connectivity index (χ3n) is 4.34. The molecule has 5 nitrogen and oxygen atoms in total. The number of carbonyl (C=O) groups excluding carboxylic acids is 1. The minimum Gasteiger partial charge on any atom is -0.497 e. The third-order valence-corrected chi connectivity index (χ3v) is 4.34. The summed E-state index contributed by atoms with van der Waals surface area (Å²) in [7, 11) is 3.23. The quantitative estimate of drug-likeness (QED) is 0.698. The number of benzene rings is 2. The first-order chi connectivity index (χ1) is 13.2. The number of pyridine rings is 1. The van der Waals surface area contributed by atoms with Gasteiger partial charge in [0, 0.05) is 18.0 Å². The van der Waals surface area contributed by atoms with Crippen molar-refractivity contribution in [2.45, 2.75) is 12.5 Å². The second-order valence-corrected chi connectivity index (χ2v) is 6.04. The molecule has 1 atom stereocenters. The van der Waals surface area contributed by atoms with E-state index in [1.807, 2.05) is 60.7 Å². The van der Waals surface area contributed by atoms with Gasteiger partial charge in [-0.15, -0.1) is 0 Å². The molecule has 3 aromatic rings. The van der Waals surface area contributed by atoms with E-state index in [-0.39, 0.29) is 18.4 Å². The Morgan fingerprint density at radius 2 is 1.59 bits per heavy atom. The van der Waals surface area contributed by atoms with E-state index in [0.717, 1.165) is 22.4 Å². The number of ether oxygens (including phenoxy) is 2. The minimum atomic E-state index is -0.277. The predicted octanol–water partition coefficient (Wildman–Crippen LogP) is 3.55. The van der Waals surface area contributed by atoms with Crippen LogP contribution in [-0.4, -0.2) is 25.1 Å². The Bertz CT molecular complexity index is 880. The number of hydrogen-bond acceptors (Lipinski definition) is 4. The van der Waals surface area contributed by atoms with Crippen LogP contribution in [0.25, 0.3) is 0 Å². The van der Waals surface area contributed by atoms with Gasteiger partial charge in [0.2, 0.25) is 5.91 Å². The molecule has 1 amide bonds. The van der Waals surface area contributed by atoms with E-state index >= 15 is 0 Å². The average molecular weight is 362 g/mol. The molecule has 0 fully saturated rings. The maximum absolute atomic E-state index is 12.8. The highest BCUT2D eigenvalue weighted by Gasteiger charge is 2.18. The highest BCUT2D eigenvalue weighted by atomic mass is 16.5. The van der Waals surface area contributed by atoms with Crippen LogP contribution in [0, 0.1) is 0 Å². The number of nitrogens with one attached hydrogen (secondary N) is 1. The van der Waals surface area contributed by atoms with Crippen LogP contribution >= 0.6 is 0 Å². The molecule has 0 unspecified atom stereocenters. The van der Waals surface area contributed by atoms with Gasteiger partial charge in [0.15, 0.2) is 0 Å². The van der Waals surface area contributed by atoms with Crippen molar-refractivity contribution >= 4 is 5.91 Å². The molecule has 1 N–H and O–H groups in total. The summed E-state index contributed by atoms with van der Waals surface area (Å²) in [5.74, 6) is 1.39. The average Bonchev–Trinajstić information content (AvgIpc) is 2.73. The fourth-order valence-corrected chi connectivity index (χ4v) is 2.95. The van der Waals surface area contributed by atoms with Gasteiger partial charge in [0.25, 0.3) is 0 Å². The molecular weight excluding hydrogens is 340 g/mol. The fourth-order valence-electron chi connectivity index (χ4n) is 2.95. The topological polar surface area (TPSA) is 60.5 Å². The van der Waals surface area contributed by atoms with Crippen molar-refractivity contribution in [1.29, 1.82) is 0 Å². The summed E-state index contributed by atoms with van der Waals surface area (Å²) < 4.78 is 10.6. The molecule has 27 heavy (non-hydrogen) atoms. The van der Waals surface area contributed by atoms with E-state index in [4.69, 9.17) is 9.47 Å². The van der Waals surface area contributed by atoms with E-state index in [0.29, 0.717) is 5.75 Å². The maximum Gasteiger partial charge on any atom is 0.225 e. The van der Waals surface area contributed by atoms with Crippen LogP contribution in [-0.2, 0) is 11.2 Å². The number of aromatic nitrogens is 1. The molecule has 0 saturated carbocycles. The summed E-state index contributed by atoms with van der Waals surface area (Å²) in [5, 5.41) is 3.12. The largest absolute Gasteiger partial charge is 0.497 e. The SMILES string of the molecule is COc1ccc([C@H](NC(=O)Cc2ccccc2OC)c2ccncc2)cc1. The minimum absolute atomic E-state index is 0.0860. The van der Waals surface area contributed by atoms with Crippen molar-refractivity contribution in [1.82, 2.24) is 10.3 Å². The lowest BCUT2D eigenvalue weighted by atomic mass is 9.99. The summed E-state index contributed by atoms with van der Waals surface area (Å²) in [6.45, 7) is 0. The van der Waals surface area contributed by atoms with E-state index < -0.39 is 0 Å². The van der Waals surface area contributed by atoms with E-state index in [2.05, 4.69) is 10.3 Å². The first-order valence-electron chi connectivity index (χ1n) is 8.66. The summed E-state index contributed by atoms with van der Waals surface area (Å²) in [4.78, 5) is 16.8. The van der Waals surface area contributed by atoms with Crippen LogP contribution in [0.1, 0.15) is 22.7 Å². The third kappa shape index (κ3) is 4.64. The van der Waals surface area contributed by atoms with Crippen molar-refractivity contribution in [3.63, 3.8) is 0 Å². The van der Waals surface area contributed by atoms with Gasteiger partial charge in [-0.25, -0.2) is 0 Å². The van der Waals surface area contributed by atoms with Gasteiger partial charge in [0.1, 0.15) is 11.5 Å². The molecular formula is C22H22N2O3. The molecule has 3 rings (SSSR count). The van der Waals surface area contributed by atoms with Crippen LogP contribution < -0.4 is 14.8 Å². The van der Waals surface area contributed by atoms with Gasteiger partial charge in [-0.05, 0) is 41.5 Å². The fraction of sp³-hybridized carbons (Fsp3) is 0.182. The summed E-state index contributed by atoms with van der Waals surface area (Å²) >= 11 is 0. The van der Waals surface area contributed by atoms with Crippen LogP contribution in [0.15, 0.2) is 73.1 Å². The van der Waals surface area contributed by atoms with Crippen molar-refractivity contribution in [2.24, 2.45) is 0 Å². The van der Waals surface area contributed by atoms with Gasteiger partial charge in [-0.3, -0.25) is 9.78 Å². The first kappa shape index (κ1) is 18.5. The monoisotopic (exact) mass is 362 g/mol. The van der Waals surface area contributed by atoms with Crippen LogP contribution in [0.4, 0.5) is 0 Å². The van der Waals surface area contributed by atoms with Crippen LogP contribution in [0.5, 0.6) is 11.5 Å². The van der Waals surface area contributed by atoms with Crippen LogP contribution in [0.3, 0.4) is 0 Å². The van der Waals surface area contributed by atoms with E-state index in [9.17, 15) is 4.79 Å². The Balaban J connectivity index is 1.83. The lowest BCUT2D eigenvalue weighted by Crippen LogP contribution is -2.30. The molecule has 0 aliphatic heterocycles. The van der Waals surface area contributed by atoms with Gasteiger partial charge in [-0.1, -0.05) is 30.3 Å². The number of rotatable bonds is 7. The van der Waals surface area contributed by atoms with Gasteiger partial charge in [0.05, 0.1) is 26.7 Å². The lowest BCUT2D eigenvalue weighted by molar-refractivity contribution is -0.121. The molecule has 0 aliphatic carbocycles. The molecule has 0 radical (unpaired) electrons. The molecule has 0 saturated heterocycles. The van der Waals surface area contributed by atoms with E-state index in [1.165, 1.54) is 0 Å². The molecule has 0 spiro atoms. The Labute approximate surface area is 159 Å². The Morgan fingerprint density at radius 1 is 0.926 bits per heavy atom. The number of amides is 1. The molecule has 0 aliphatic rings. The zero-order chi connectivity index (χ0) is 19.1. The second-order valence-electron chi connectivity index (χ2n) is 6.04. The van der Waals surface area contributed by atoms with Gasteiger partial charge < -0.3 is 14.8 Å². The van der Waals surface area contributed by atoms with Crippen molar-refractivity contribution in [3.05, 3.63) is 89.7 Å². The zero-order valence-electron chi connectivity index (χ0n) is 15.4. The summed E-state index contributed by atoms with van der Waals surface area (Å²) in [6, 6.07) is 18.7. The number of methoxy groups -OCH3 is 2. The Morgan fingerprint density at radius 3 is 2.26 bits per heavy atom. The lowest BCUT2D eigenvalue weighted by Gasteiger charge is -2.20. The molecule has 5 heteroatoms. The normalized spacial score (nSPS) is 11.5. The molecule has 138 valence electrons. The highest BCUT2D eigenvalue weighted by Crippen LogP contribution is 2.25. The first-order valence-corrected chi connectivity index (χ1v) is 8.66. The highest BCUT2D eigenvalue weighted by molar-refractivity contribution is 5.80. The van der Waals surface area contributed by atoms with Gasteiger partial charge in [-0.2, -0.15) is 0 Å². The van der Waals surface area contributed by atoms with E-state index in [1.54, 1.807) is 26.6 Å². The summed E-state index contributed by atoms with van der Waals surface area (Å²) in [6.07, 6.45) is 3.68. The zero-order valence-corrected chi connectivity index (χ0v) is 15.4. The predicted molar refractivity (Wildman–Crippen MR) is 104 cm³/mol. The summed E-state index contributed by atoms with van der Waals surface area (Å²) in [5.41, 5.74) is 2.78. The Kier molecular flexibility index (Phi) is 6.05. The second kappa shape index (κ2) is 8.85.